The minimum absolute atomic E-state index is 0.314. The first-order valence-electron chi connectivity index (χ1n) is 9.31. The van der Waals surface area contributed by atoms with Crippen molar-refractivity contribution < 1.29 is 4.52 Å². The van der Waals surface area contributed by atoms with Crippen LogP contribution in [-0.4, -0.2) is 50.4 Å². The number of hydrogen-bond donors (Lipinski definition) is 3. The van der Waals surface area contributed by atoms with Crippen LogP contribution in [0.5, 0.6) is 0 Å². The lowest BCUT2D eigenvalue weighted by molar-refractivity contribution is 0.384. The average Bonchev–Trinajstić information content (AvgIpc) is 3.39. The normalized spacial score (nSPS) is 13.3. The number of nitrogens with one attached hydrogen (secondary N) is 3. The van der Waals surface area contributed by atoms with Crippen LogP contribution in [-0.2, 0) is 0 Å². The highest BCUT2D eigenvalue weighted by Crippen LogP contribution is 2.35. The van der Waals surface area contributed by atoms with E-state index in [4.69, 9.17) is 9.51 Å². The molecule has 28 heavy (non-hydrogen) atoms. The number of allylic oxidation sites excluding steroid dienone is 1. The summed E-state index contributed by atoms with van der Waals surface area (Å²) in [6, 6.07) is 0. The van der Waals surface area contributed by atoms with Crippen molar-refractivity contribution in [3.63, 3.8) is 0 Å². The zero-order valence-electron chi connectivity index (χ0n) is 17.2. The third-order valence-corrected chi connectivity index (χ3v) is 5.47. The van der Waals surface area contributed by atoms with Gasteiger partial charge in [0.2, 0.25) is 0 Å². The zero-order valence-corrected chi connectivity index (χ0v) is 18.0. The highest BCUT2D eigenvalue weighted by molar-refractivity contribution is 7.98. The van der Waals surface area contributed by atoms with Crippen LogP contribution in [0, 0.1) is 13.8 Å². The molecule has 0 spiro atoms. The van der Waals surface area contributed by atoms with Crippen LogP contribution in [0.4, 0.5) is 0 Å². The minimum atomic E-state index is 0.314. The average molecular weight is 402 g/mol. The highest BCUT2D eigenvalue weighted by Gasteiger charge is 2.21. The van der Waals surface area contributed by atoms with Gasteiger partial charge in [-0.15, -0.1) is 11.8 Å². The van der Waals surface area contributed by atoms with Crippen molar-refractivity contribution in [3.8, 4) is 11.3 Å². The molecule has 8 nitrogen and oxygen atoms in total. The number of aromatic nitrogens is 6. The van der Waals surface area contributed by atoms with Gasteiger partial charge < -0.3 is 9.84 Å². The molecule has 0 aliphatic rings. The number of hydrogen-bond acceptors (Lipinski definition) is 7. The standard InChI is InChI=1S/C19H27N7OS/c1-7-13(9-20-5)18-21-17(24-25-18)10(2)8-14-11(3)22-23-16(14)15-12(4)27-26-19(15)28-6/h8,13,20H,7,9H2,1-6H3,(H,22,23)(H,21,24,25)/b10-8+/t13-/m1/s1. The molecule has 3 aromatic heterocycles. The quantitative estimate of drug-likeness (QED) is 0.493. The van der Waals surface area contributed by atoms with Crippen molar-refractivity contribution in [2.24, 2.45) is 0 Å². The smallest absolute Gasteiger partial charge is 0.176 e. The highest BCUT2D eigenvalue weighted by atomic mass is 32.2. The van der Waals surface area contributed by atoms with Crippen molar-refractivity contribution in [1.29, 1.82) is 0 Å². The lowest BCUT2D eigenvalue weighted by Gasteiger charge is -2.09. The predicted octanol–water partition coefficient (Wildman–Crippen LogP) is 3.80. The Kier molecular flexibility index (Phi) is 6.35. The van der Waals surface area contributed by atoms with E-state index in [2.05, 4.69) is 43.9 Å². The van der Waals surface area contributed by atoms with Gasteiger partial charge in [-0.3, -0.25) is 10.2 Å². The van der Waals surface area contributed by atoms with E-state index in [0.717, 1.165) is 57.7 Å². The third kappa shape index (κ3) is 3.90. The Balaban J connectivity index is 1.97. The van der Waals surface area contributed by atoms with Crippen molar-refractivity contribution >= 4 is 23.4 Å². The summed E-state index contributed by atoms with van der Waals surface area (Å²) in [5.41, 5.74) is 4.68. The number of aryl methyl sites for hydroxylation is 2. The summed E-state index contributed by atoms with van der Waals surface area (Å²) >= 11 is 1.54. The molecule has 3 rings (SSSR count). The number of likely N-dealkylation sites (N-methyl/N-ethyl adjacent to an activating group) is 1. The predicted molar refractivity (Wildman–Crippen MR) is 112 cm³/mol. The van der Waals surface area contributed by atoms with Crippen LogP contribution in [0.3, 0.4) is 0 Å². The van der Waals surface area contributed by atoms with E-state index in [1.165, 1.54) is 0 Å². The molecular formula is C19H27N7OS. The van der Waals surface area contributed by atoms with Gasteiger partial charge in [-0.1, -0.05) is 12.1 Å². The van der Waals surface area contributed by atoms with Crippen LogP contribution in [0.25, 0.3) is 22.9 Å². The molecule has 3 aromatic rings. The molecule has 3 heterocycles. The summed E-state index contributed by atoms with van der Waals surface area (Å²) in [4.78, 5) is 4.71. The maximum Gasteiger partial charge on any atom is 0.176 e. The number of H-pyrrole nitrogens is 2. The number of rotatable bonds is 8. The van der Waals surface area contributed by atoms with Crippen molar-refractivity contribution in [3.05, 3.63) is 28.7 Å². The van der Waals surface area contributed by atoms with Gasteiger partial charge in [0.25, 0.3) is 0 Å². The topological polar surface area (TPSA) is 108 Å². The Bertz CT molecular complexity index is 969. The molecule has 0 fully saturated rings. The second-order valence-corrected chi connectivity index (χ2v) is 7.56. The van der Waals surface area contributed by atoms with Gasteiger partial charge in [0, 0.05) is 23.7 Å². The first-order chi connectivity index (χ1) is 13.5. The van der Waals surface area contributed by atoms with Gasteiger partial charge in [-0.2, -0.15) is 10.2 Å². The maximum absolute atomic E-state index is 5.38. The largest absolute Gasteiger partial charge is 0.360 e. The van der Waals surface area contributed by atoms with E-state index in [1.54, 1.807) is 11.8 Å². The Morgan fingerprint density at radius 2 is 2.07 bits per heavy atom. The monoisotopic (exact) mass is 401 g/mol. The molecule has 1 atom stereocenters. The van der Waals surface area contributed by atoms with Gasteiger partial charge in [-0.05, 0) is 52.1 Å². The molecule has 0 amide bonds. The van der Waals surface area contributed by atoms with Crippen molar-refractivity contribution in [2.45, 2.75) is 45.1 Å². The van der Waals surface area contributed by atoms with E-state index in [0.29, 0.717) is 11.7 Å². The number of thioether (sulfide) groups is 1. The first kappa shape index (κ1) is 20.3. The molecule has 0 saturated heterocycles. The Morgan fingerprint density at radius 1 is 1.29 bits per heavy atom. The second kappa shape index (κ2) is 8.74. The van der Waals surface area contributed by atoms with E-state index in [-0.39, 0.29) is 0 Å². The third-order valence-electron chi connectivity index (χ3n) is 4.80. The van der Waals surface area contributed by atoms with Crippen molar-refractivity contribution in [1.82, 2.24) is 35.9 Å². The molecule has 0 bridgehead atoms. The summed E-state index contributed by atoms with van der Waals surface area (Å²) in [6.07, 6.45) is 5.04. The summed E-state index contributed by atoms with van der Waals surface area (Å²) in [5.74, 6) is 2.67. The summed E-state index contributed by atoms with van der Waals surface area (Å²) in [5, 5.41) is 23.3. The fourth-order valence-corrected chi connectivity index (χ4v) is 3.72. The van der Waals surface area contributed by atoms with Gasteiger partial charge >= 0.3 is 0 Å². The minimum Gasteiger partial charge on any atom is -0.360 e. The van der Waals surface area contributed by atoms with Gasteiger partial charge in [0.15, 0.2) is 5.82 Å². The summed E-state index contributed by atoms with van der Waals surface area (Å²) < 4.78 is 5.38. The lowest BCUT2D eigenvalue weighted by atomic mass is 10.0. The molecule has 0 aliphatic heterocycles. The molecule has 0 radical (unpaired) electrons. The zero-order chi connectivity index (χ0) is 20.3. The second-order valence-electron chi connectivity index (χ2n) is 6.77. The van der Waals surface area contributed by atoms with E-state index >= 15 is 0 Å². The van der Waals surface area contributed by atoms with Crippen LogP contribution in [0.1, 0.15) is 54.9 Å². The Morgan fingerprint density at radius 3 is 2.75 bits per heavy atom. The van der Waals surface area contributed by atoms with Crippen LogP contribution < -0.4 is 5.32 Å². The Hall–Kier alpha value is -2.39. The van der Waals surface area contributed by atoms with E-state index in [9.17, 15) is 0 Å². The Labute approximate surface area is 169 Å². The molecule has 0 aliphatic carbocycles. The molecule has 3 N–H and O–H groups in total. The summed E-state index contributed by atoms with van der Waals surface area (Å²) in [6.45, 7) is 8.93. The fourth-order valence-electron chi connectivity index (χ4n) is 3.16. The number of aromatic amines is 2. The molecular weight excluding hydrogens is 374 g/mol. The van der Waals surface area contributed by atoms with Gasteiger partial charge in [0.1, 0.15) is 22.3 Å². The van der Waals surface area contributed by atoms with Crippen LogP contribution in [0.15, 0.2) is 9.55 Å². The molecule has 0 aromatic carbocycles. The fraction of sp³-hybridized carbons (Fsp3) is 0.474. The lowest BCUT2D eigenvalue weighted by Crippen LogP contribution is -2.17. The molecule has 0 unspecified atom stereocenters. The SMILES string of the molecule is CC[C@H](CNC)c1nc(/C(C)=C/c2c(-c3c(SC)noc3C)n[nH]c2C)n[nH]1. The number of nitrogens with zero attached hydrogens (tertiary/aromatic N) is 4. The van der Waals surface area contributed by atoms with Gasteiger partial charge in [0.05, 0.1) is 5.56 Å². The summed E-state index contributed by atoms with van der Waals surface area (Å²) in [7, 11) is 1.95. The van der Waals surface area contributed by atoms with Crippen molar-refractivity contribution in [2.75, 3.05) is 19.8 Å². The molecule has 9 heteroatoms. The van der Waals surface area contributed by atoms with Crippen LogP contribution >= 0.6 is 11.8 Å². The molecule has 0 saturated carbocycles. The molecule has 150 valence electrons. The van der Waals surface area contributed by atoms with E-state index < -0.39 is 0 Å². The van der Waals surface area contributed by atoms with Gasteiger partial charge in [-0.25, -0.2) is 4.98 Å². The van der Waals surface area contributed by atoms with E-state index in [1.807, 2.05) is 34.1 Å². The van der Waals surface area contributed by atoms with Crippen LogP contribution in [0.2, 0.25) is 0 Å². The first-order valence-corrected chi connectivity index (χ1v) is 10.5. The maximum atomic E-state index is 5.38.